The van der Waals surface area contributed by atoms with Crippen molar-refractivity contribution in [1.82, 2.24) is 25.0 Å². The fourth-order valence-corrected chi connectivity index (χ4v) is 4.44. The van der Waals surface area contributed by atoms with E-state index in [0.717, 1.165) is 22.3 Å². The lowest BCUT2D eigenvalue weighted by atomic mass is 10.0. The number of nitrogens with two attached hydrogens (primary N) is 2. The Morgan fingerprint density at radius 3 is 2.50 bits per heavy atom. The van der Waals surface area contributed by atoms with E-state index in [1.807, 2.05) is 55.7 Å². The minimum absolute atomic E-state index is 0.0720. The van der Waals surface area contributed by atoms with Gasteiger partial charge in [-0.2, -0.15) is 5.10 Å². The molecule has 1 atom stereocenters. The van der Waals surface area contributed by atoms with Crippen LogP contribution in [0.25, 0.3) is 22.3 Å². The lowest BCUT2D eigenvalue weighted by Crippen LogP contribution is -2.38. The normalized spacial score (nSPS) is 15.1. The van der Waals surface area contributed by atoms with Crippen molar-refractivity contribution < 1.29 is 9.59 Å². The fourth-order valence-electron chi connectivity index (χ4n) is 4.44. The average molecular weight is 482 g/mol. The third kappa shape index (κ3) is 4.76. The van der Waals surface area contributed by atoms with Gasteiger partial charge >= 0.3 is 0 Å². The second kappa shape index (κ2) is 9.53. The Hall–Kier alpha value is -4.66. The molecule has 0 radical (unpaired) electrons. The van der Waals surface area contributed by atoms with E-state index >= 15 is 0 Å². The zero-order valence-electron chi connectivity index (χ0n) is 19.9. The van der Waals surface area contributed by atoms with E-state index in [4.69, 9.17) is 11.5 Å². The maximum atomic E-state index is 13.2. The monoisotopic (exact) mass is 481 g/mol. The number of nitrogens with zero attached hydrogens (tertiary/aromatic N) is 4. The smallest absolute Gasteiger partial charge is 0.255 e. The summed E-state index contributed by atoms with van der Waals surface area (Å²) in [6, 6.07) is 16.6. The minimum atomic E-state index is -0.311. The van der Waals surface area contributed by atoms with Crippen molar-refractivity contribution in [2.24, 2.45) is 7.05 Å². The third-order valence-corrected chi connectivity index (χ3v) is 6.34. The van der Waals surface area contributed by atoms with Crippen LogP contribution in [0.15, 0.2) is 73.2 Å². The van der Waals surface area contributed by atoms with Crippen LogP contribution in [-0.2, 0) is 7.05 Å². The van der Waals surface area contributed by atoms with Gasteiger partial charge in [-0.05, 0) is 47.9 Å². The first-order valence-corrected chi connectivity index (χ1v) is 11.7. The second-order valence-electron chi connectivity index (χ2n) is 8.98. The molecule has 2 amide bonds. The third-order valence-electron chi connectivity index (χ3n) is 6.34. The van der Waals surface area contributed by atoms with Crippen molar-refractivity contribution in [2.75, 3.05) is 24.6 Å². The molecule has 36 heavy (non-hydrogen) atoms. The number of amides is 2. The maximum absolute atomic E-state index is 13.2. The van der Waals surface area contributed by atoms with E-state index in [0.29, 0.717) is 36.3 Å². The molecule has 9 nitrogen and oxygen atoms in total. The Balaban J connectivity index is 1.26. The van der Waals surface area contributed by atoms with Crippen LogP contribution in [0.3, 0.4) is 0 Å². The Bertz CT molecular complexity index is 1450. The van der Waals surface area contributed by atoms with Gasteiger partial charge in [0.15, 0.2) is 0 Å². The molecule has 5 N–H and O–H groups in total. The number of aromatic nitrogens is 3. The van der Waals surface area contributed by atoms with E-state index in [9.17, 15) is 9.59 Å². The molecule has 5 rings (SSSR count). The Kier molecular flexibility index (Phi) is 6.12. The van der Waals surface area contributed by atoms with Gasteiger partial charge in [-0.25, -0.2) is 4.98 Å². The highest BCUT2D eigenvalue weighted by atomic mass is 16.2. The molecule has 0 spiro atoms. The molecule has 1 aliphatic heterocycles. The number of pyridine rings is 1. The summed E-state index contributed by atoms with van der Waals surface area (Å²) in [6.07, 6.45) is 5.83. The van der Waals surface area contributed by atoms with Crippen molar-refractivity contribution in [3.8, 4) is 22.3 Å². The molecule has 9 heteroatoms. The number of nitrogens with one attached hydrogen (secondary N) is 1. The quantitative estimate of drug-likeness (QED) is 0.376. The fraction of sp³-hybridized carbons (Fsp3) is 0.185. The van der Waals surface area contributed by atoms with E-state index in [-0.39, 0.29) is 23.7 Å². The van der Waals surface area contributed by atoms with Gasteiger partial charge in [-0.1, -0.05) is 24.3 Å². The number of carbonyl (C=O) groups excluding carboxylic acids is 2. The van der Waals surface area contributed by atoms with Crippen molar-refractivity contribution in [3.63, 3.8) is 0 Å². The van der Waals surface area contributed by atoms with E-state index in [2.05, 4.69) is 15.4 Å². The summed E-state index contributed by atoms with van der Waals surface area (Å²) in [5, 5.41) is 7.18. The SMILES string of the molecule is Cn1cc(-c2cnc(N)c(C(=O)N[C@@H]3CCN(C(=O)c4cccc(-c5cccc(N)c5)c4)C3)c2)cn1. The predicted octanol–water partition coefficient (Wildman–Crippen LogP) is 2.96. The van der Waals surface area contributed by atoms with Gasteiger partial charge in [0.1, 0.15) is 5.82 Å². The van der Waals surface area contributed by atoms with Gasteiger partial charge in [0.2, 0.25) is 0 Å². The molecule has 0 unspecified atom stereocenters. The van der Waals surface area contributed by atoms with Gasteiger partial charge in [-0.15, -0.1) is 0 Å². The van der Waals surface area contributed by atoms with E-state index in [1.54, 1.807) is 34.1 Å². The number of carbonyl (C=O) groups is 2. The summed E-state index contributed by atoms with van der Waals surface area (Å²) < 4.78 is 1.68. The number of aryl methyl sites for hydroxylation is 1. The molecular weight excluding hydrogens is 454 g/mol. The molecule has 4 aromatic rings. The molecule has 182 valence electrons. The number of hydrogen-bond donors (Lipinski definition) is 3. The molecule has 0 bridgehead atoms. The van der Waals surface area contributed by atoms with Crippen molar-refractivity contribution in [3.05, 3.63) is 84.3 Å². The molecule has 3 heterocycles. The van der Waals surface area contributed by atoms with Crippen LogP contribution in [0.4, 0.5) is 11.5 Å². The first-order valence-electron chi connectivity index (χ1n) is 11.7. The Morgan fingerprint density at radius 2 is 1.75 bits per heavy atom. The first kappa shape index (κ1) is 23.1. The van der Waals surface area contributed by atoms with Crippen LogP contribution >= 0.6 is 0 Å². The standard InChI is InChI=1S/C27H27N7O2/c1-33-15-21(14-31-33)20-12-24(25(29)30-13-20)26(35)32-23-8-9-34(16-23)27(36)19-6-2-4-17(10-19)18-5-3-7-22(28)11-18/h2-7,10-15,23H,8-9,16,28H2,1H3,(H2,29,30)(H,32,35)/t23-/m1/s1. The lowest BCUT2D eigenvalue weighted by Gasteiger charge is -2.18. The number of hydrogen-bond acceptors (Lipinski definition) is 6. The topological polar surface area (TPSA) is 132 Å². The maximum Gasteiger partial charge on any atom is 0.255 e. The number of nitrogen functional groups attached to an aromatic ring is 2. The summed E-state index contributed by atoms with van der Waals surface area (Å²) in [5.41, 5.74) is 17.0. The van der Waals surface area contributed by atoms with Crippen LogP contribution in [0.1, 0.15) is 27.1 Å². The zero-order valence-corrected chi connectivity index (χ0v) is 19.9. The first-order chi connectivity index (χ1) is 17.4. The number of anilines is 2. The van der Waals surface area contributed by atoms with Gasteiger partial charge in [0, 0.05) is 61.0 Å². The van der Waals surface area contributed by atoms with Crippen molar-refractivity contribution in [1.29, 1.82) is 0 Å². The van der Waals surface area contributed by atoms with Crippen LogP contribution < -0.4 is 16.8 Å². The van der Waals surface area contributed by atoms with Crippen LogP contribution in [0.2, 0.25) is 0 Å². The highest BCUT2D eigenvalue weighted by molar-refractivity contribution is 6.00. The van der Waals surface area contributed by atoms with Gasteiger partial charge < -0.3 is 21.7 Å². The molecule has 2 aromatic carbocycles. The van der Waals surface area contributed by atoms with Gasteiger partial charge in [0.25, 0.3) is 11.8 Å². The molecule has 2 aromatic heterocycles. The largest absolute Gasteiger partial charge is 0.399 e. The predicted molar refractivity (Wildman–Crippen MR) is 139 cm³/mol. The summed E-state index contributed by atoms with van der Waals surface area (Å²) >= 11 is 0. The molecule has 0 aliphatic carbocycles. The van der Waals surface area contributed by atoms with E-state index < -0.39 is 0 Å². The number of likely N-dealkylation sites (tertiary alicyclic amines) is 1. The Morgan fingerprint density at radius 1 is 0.972 bits per heavy atom. The summed E-state index contributed by atoms with van der Waals surface area (Å²) in [4.78, 5) is 32.2. The summed E-state index contributed by atoms with van der Waals surface area (Å²) in [6.45, 7) is 0.971. The van der Waals surface area contributed by atoms with Crippen LogP contribution in [0.5, 0.6) is 0 Å². The van der Waals surface area contributed by atoms with Crippen LogP contribution in [0, 0.1) is 0 Å². The minimum Gasteiger partial charge on any atom is -0.399 e. The van der Waals surface area contributed by atoms with Crippen molar-refractivity contribution in [2.45, 2.75) is 12.5 Å². The molecule has 0 saturated carbocycles. The van der Waals surface area contributed by atoms with Gasteiger partial charge in [0.05, 0.1) is 11.8 Å². The number of benzene rings is 2. The highest BCUT2D eigenvalue weighted by Crippen LogP contribution is 2.25. The number of rotatable bonds is 5. The summed E-state index contributed by atoms with van der Waals surface area (Å²) in [5.74, 6) is -0.226. The van der Waals surface area contributed by atoms with Crippen molar-refractivity contribution >= 4 is 23.3 Å². The average Bonchev–Trinajstić information content (AvgIpc) is 3.53. The molecule has 1 aliphatic rings. The van der Waals surface area contributed by atoms with Gasteiger partial charge in [-0.3, -0.25) is 14.3 Å². The second-order valence-corrected chi connectivity index (χ2v) is 8.98. The zero-order chi connectivity index (χ0) is 25.2. The highest BCUT2D eigenvalue weighted by Gasteiger charge is 2.29. The summed E-state index contributed by atoms with van der Waals surface area (Å²) in [7, 11) is 1.82. The van der Waals surface area contributed by atoms with E-state index in [1.165, 1.54) is 0 Å². The Labute approximate surface area is 208 Å². The molecule has 1 saturated heterocycles. The molecular formula is C27H27N7O2. The molecule has 1 fully saturated rings. The lowest BCUT2D eigenvalue weighted by molar-refractivity contribution is 0.0783. The van der Waals surface area contributed by atoms with Crippen LogP contribution in [-0.4, -0.2) is 50.6 Å².